The minimum absolute atomic E-state index is 1.04. The average Bonchev–Trinajstić information content (AvgIpc) is 2.45. The summed E-state index contributed by atoms with van der Waals surface area (Å²) in [6.07, 6.45) is 25.7. The highest BCUT2D eigenvalue weighted by Crippen LogP contribution is 2.22. The van der Waals surface area contributed by atoms with E-state index < -0.39 is 0 Å². The third-order valence-electron chi connectivity index (χ3n) is 3.39. The number of terminal acetylenes is 1. The van der Waals surface area contributed by atoms with Gasteiger partial charge in [0.2, 0.25) is 0 Å². The lowest BCUT2D eigenvalue weighted by atomic mass is 9.91. The number of hydrogen-bond acceptors (Lipinski definition) is 0. The Morgan fingerprint density at radius 1 is 0.667 bits per heavy atom. The predicted octanol–water partition coefficient (Wildman–Crippen LogP) is 6.59. The molecule has 0 heterocycles. The van der Waals surface area contributed by atoms with E-state index >= 15 is 0 Å². The molecule has 0 unspecified atom stereocenters. The second-order valence-electron chi connectivity index (χ2n) is 5.57. The molecule has 2 saturated carbocycles. The largest absolute Gasteiger partial charge is 0.124 e. The third kappa shape index (κ3) is 17.9. The fourth-order valence-electron chi connectivity index (χ4n) is 2.37. The maximum absolute atomic E-state index is 4.00. The lowest BCUT2D eigenvalue weighted by Gasteiger charge is -2.15. The molecule has 0 heteroatoms. The highest BCUT2D eigenvalue weighted by molar-refractivity contribution is 4.59. The molecule has 0 atom stereocenters. The summed E-state index contributed by atoms with van der Waals surface area (Å²) in [5.41, 5.74) is 0. The summed E-state index contributed by atoms with van der Waals surface area (Å²) in [5.74, 6) is 1.04. The number of rotatable bonds is 0. The second-order valence-corrected chi connectivity index (χ2v) is 5.57. The van der Waals surface area contributed by atoms with Crippen LogP contribution in [0.15, 0.2) is 0 Å². The van der Waals surface area contributed by atoms with E-state index in [1.54, 1.807) is 0 Å². The van der Waals surface area contributed by atoms with Gasteiger partial charge in [0.15, 0.2) is 0 Å². The van der Waals surface area contributed by atoms with Gasteiger partial charge in [-0.3, -0.25) is 0 Å². The Labute approximate surface area is 117 Å². The summed E-state index contributed by atoms with van der Waals surface area (Å²) < 4.78 is 0. The van der Waals surface area contributed by atoms with E-state index in [1.165, 1.54) is 77.0 Å². The Morgan fingerprint density at radius 3 is 1.06 bits per heavy atom. The van der Waals surface area contributed by atoms with Gasteiger partial charge < -0.3 is 0 Å². The van der Waals surface area contributed by atoms with Crippen LogP contribution in [0, 0.1) is 18.8 Å². The van der Waals surface area contributed by atoms with E-state index in [2.05, 4.69) is 33.6 Å². The van der Waals surface area contributed by atoms with E-state index in [4.69, 9.17) is 0 Å². The van der Waals surface area contributed by atoms with E-state index in [0.29, 0.717) is 0 Å². The molecule has 0 radical (unpaired) electrons. The van der Waals surface area contributed by atoms with Crippen molar-refractivity contribution in [3.63, 3.8) is 0 Å². The van der Waals surface area contributed by atoms with Crippen LogP contribution in [0.1, 0.15) is 97.8 Å². The first-order valence-electron chi connectivity index (χ1n) is 8.14. The average molecular weight is 252 g/mol. The molecule has 0 bridgehead atoms. The van der Waals surface area contributed by atoms with Crippen molar-refractivity contribution in [2.75, 3.05) is 0 Å². The van der Waals surface area contributed by atoms with Crippen molar-refractivity contribution in [2.24, 2.45) is 5.92 Å². The van der Waals surface area contributed by atoms with Crippen LogP contribution in [0.5, 0.6) is 0 Å². The molecule has 0 aliphatic heterocycles. The minimum Gasteiger partial charge on any atom is -0.124 e. The van der Waals surface area contributed by atoms with Crippen molar-refractivity contribution >= 4 is 0 Å². The maximum atomic E-state index is 4.00. The molecule has 0 spiro atoms. The molecule has 0 aromatic rings. The van der Waals surface area contributed by atoms with E-state index in [1.807, 2.05) is 0 Å². The molecule has 2 aliphatic carbocycles. The molecule has 0 saturated heterocycles. The lowest BCUT2D eigenvalue weighted by molar-refractivity contribution is 0.385. The van der Waals surface area contributed by atoms with Crippen molar-refractivity contribution in [3.8, 4) is 12.8 Å². The van der Waals surface area contributed by atoms with Gasteiger partial charge in [-0.1, -0.05) is 97.8 Å². The summed E-state index contributed by atoms with van der Waals surface area (Å²) in [5, 5.41) is 0. The zero-order valence-electron chi connectivity index (χ0n) is 13.2. The standard InChI is InChI=1S/C7H14.C6H12.C3H8.C2H2/c1-7-5-3-2-4-6-7;1-2-4-6-5-3-1;1-3-2;1-2/h7H,2-6H2,1H3;1-6H2;3H2,1-2H3;1-2H. The first kappa shape index (κ1) is 19.9. The van der Waals surface area contributed by atoms with E-state index in [9.17, 15) is 0 Å². The molecule has 0 nitrogen and oxygen atoms in total. The third-order valence-corrected chi connectivity index (χ3v) is 3.39. The monoisotopic (exact) mass is 252 g/mol. The lowest BCUT2D eigenvalue weighted by Crippen LogP contribution is -1.99. The molecule has 0 aromatic heterocycles. The van der Waals surface area contributed by atoms with Gasteiger partial charge in [0, 0.05) is 0 Å². The van der Waals surface area contributed by atoms with Gasteiger partial charge in [0.1, 0.15) is 0 Å². The SMILES string of the molecule is C#C.C1CCCCC1.CC1CCCCC1.CCC. The fraction of sp³-hybridized carbons (Fsp3) is 0.889. The van der Waals surface area contributed by atoms with Gasteiger partial charge in [0.25, 0.3) is 0 Å². The van der Waals surface area contributed by atoms with Gasteiger partial charge in [-0.15, -0.1) is 12.8 Å². The molecular formula is C18H36. The fourth-order valence-corrected chi connectivity index (χ4v) is 2.37. The van der Waals surface area contributed by atoms with Crippen molar-refractivity contribution in [3.05, 3.63) is 0 Å². The van der Waals surface area contributed by atoms with Gasteiger partial charge in [-0.25, -0.2) is 0 Å². The Hall–Kier alpha value is -0.440. The first-order valence-corrected chi connectivity index (χ1v) is 8.14. The predicted molar refractivity (Wildman–Crippen MR) is 85.8 cm³/mol. The van der Waals surface area contributed by atoms with Crippen LogP contribution in [0.2, 0.25) is 0 Å². The van der Waals surface area contributed by atoms with E-state index in [0.717, 1.165) is 5.92 Å². The normalized spacial score (nSPS) is 18.9. The Balaban J connectivity index is 0. The van der Waals surface area contributed by atoms with Crippen LogP contribution in [0.25, 0.3) is 0 Å². The molecule has 2 rings (SSSR count). The van der Waals surface area contributed by atoms with Gasteiger partial charge in [-0.05, 0) is 5.92 Å². The summed E-state index contributed by atoms with van der Waals surface area (Å²) in [4.78, 5) is 0. The smallest absolute Gasteiger partial charge is 0.0443 e. The first-order chi connectivity index (χ1) is 8.81. The molecule has 0 N–H and O–H groups in total. The van der Waals surface area contributed by atoms with Crippen molar-refractivity contribution < 1.29 is 0 Å². The van der Waals surface area contributed by atoms with Gasteiger partial charge in [-0.2, -0.15) is 0 Å². The summed E-state index contributed by atoms with van der Waals surface area (Å²) in [7, 11) is 0. The minimum atomic E-state index is 1.04. The zero-order valence-corrected chi connectivity index (χ0v) is 13.2. The molecule has 108 valence electrons. The zero-order chi connectivity index (χ0) is 14.1. The number of hydrogen-bond donors (Lipinski definition) is 0. The van der Waals surface area contributed by atoms with Crippen LogP contribution in [0.3, 0.4) is 0 Å². The molecule has 2 fully saturated rings. The topological polar surface area (TPSA) is 0 Å². The van der Waals surface area contributed by atoms with Crippen molar-refractivity contribution in [1.29, 1.82) is 0 Å². The maximum Gasteiger partial charge on any atom is -0.0443 e. The van der Waals surface area contributed by atoms with Gasteiger partial charge in [0.05, 0.1) is 0 Å². The highest BCUT2D eigenvalue weighted by atomic mass is 14.1. The van der Waals surface area contributed by atoms with Crippen molar-refractivity contribution in [1.82, 2.24) is 0 Å². The molecular weight excluding hydrogens is 216 g/mol. The molecule has 0 amide bonds. The van der Waals surface area contributed by atoms with Crippen LogP contribution >= 0.6 is 0 Å². The molecule has 2 aliphatic rings. The quantitative estimate of drug-likeness (QED) is 0.426. The summed E-state index contributed by atoms with van der Waals surface area (Å²) in [6, 6.07) is 0. The Kier molecular flexibility index (Phi) is 20.9. The summed E-state index contributed by atoms with van der Waals surface area (Å²) in [6.45, 7) is 6.61. The van der Waals surface area contributed by atoms with Gasteiger partial charge >= 0.3 is 0 Å². The molecule has 0 aromatic carbocycles. The second kappa shape index (κ2) is 18.9. The summed E-state index contributed by atoms with van der Waals surface area (Å²) >= 11 is 0. The van der Waals surface area contributed by atoms with Crippen LogP contribution in [0.4, 0.5) is 0 Å². The van der Waals surface area contributed by atoms with Crippen LogP contribution < -0.4 is 0 Å². The van der Waals surface area contributed by atoms with Crippen molar-refractivity contribution in [2.45, 2.75) is 97.8 Å². The Morgan fingerprint density at radius 2 is 0.889 bits per heavy atom. The van der Waals surface area contributed by atoms with E-state index in [-0.39, 0.29) is 0 Å². The van der Waals surface area contributed by atoms with Crippen LogP contribution in [-0.2, 0) is 0 Å². The molecule has 18 heavy (non-hydrogen) atoms. The van der Waals surface area contributed by atoms with Crippen LogP contribution in [-0.4, -0.2) is 0 Å². The highest BCUT2D eigenvalue weighted by Gasteiger charge is 2.05. The Bertz CT molecular complexity index is 124.